The third kappa shape index (κ3) is 3.33. The van der Waals surface area contributed by atoms with E-state index in [1.807, 2.05) is 24.3 Å². The van der Waals surface area contributed by atoms with Crippen LogP contribution in [0.3, 0.4) is 0 Å². The fraction of sp³-hybridized carbons (Fsp3) is 0.588. The van der Waals surface area contributed by atoms with Gasteiger partial charge in [-0.3, -0.25) is 4.79 Å². The van der Waals surface area contributed by atoms with Crippen molar-refractivity contribution in [2.24, 2.45) is 11.8 Å². The Morgan fingerprint density at radius 1 is 1.15 bits per heavy atom. The zero-order valence-corrected chi connectivity index (χ0v) is 12.0. The lowest BCUT2D eigenvalue weighted by molar-refractivity contribution is -0.120. The van der Waals surface area contributed by atoms with Crippen LogP contribution in [0.1, 0.15) is 44.1 Å². The molecule has 1 aromatic carbocycles. The van der Waals surface area contributed by atoms with Crippen LogP contribution >= 0.6 is 0 Å². The van der Waals surface area contributed by atoms with Crippen LogP contribution in [-0.4, -0.2) is 11.9 Å². The number of hydrogen-bond donors (Lipinski definition) is 2. The van der Waals surface area contributed by atoms with Crippen molar-refractivity contribution < 1.29 is 4.79 Å². The molecule has 0 saturated heterocycles. The van der Waals surface area contributed by atoms with E-state index in [0.29, 0.717) is 12.5 Å². The maximum atomic E-state index is 12.0. The number of nitrogen functional groups attached to an aromatic ring is 1. The monoisotopic (exact) mass is 272 g/mol. The Hall–Kier alpha value is -1.51. The fourth-order valence-corrected chi connectivity index (χ4v) is 3.54. The Balaban J connectivity index is 1.44. The highest BCUT2D eigenvalue weighted by Gasteiger charge is 2.43. The zero-order chi connectivity index (χ0) is 13.9. The SMILES string of the molecule is Nc1ccc(CC(=O)NC2CC2C2CCCCC2)cc1. The van der Waals surface area contributed by atoms with Gasteiger partial charge >= 0.3 is 0 Å². The number of hydrogen-bond acceptors (Lipinski definition) is 2. The van der Waals surface area contributed by atoms with Crippen LogP contribution in [0.4, 0.5) is 5.69 Å². The average Bonchev–Trinajstić information content (AvgIpc) is 3.21. The summed E-state index contributed by atoms with van der Waals surface area (Å²) in [5, 5.41) is 3.19. The van der Waals surface area contributed by atoms with Crippen LogP contribution in [0, 0.1) is 11.8 Å². The highest BCUT2D eigenvalue weighted by Crippen LogP contribution is 2.44. The van der Waals surface area contributed by atoms with Gasteiger partial charge in [0.05, 0.1) is 6.42 Å². The lowest BCUT2D eigenvalue weighted by Gasteiger charge is -2.21. The summed E-state index contributed by atoms with van der Waals surface area (Å²) in [5.74, 6) is 1.77. The number of benzene rings is 1. The molecule has 2 aliphatic carbocycles. The van der Waals surface area contributed by atoms with E-state index in [1.54, 1.807) is 0 Å². The van der Waals surface area contributed by atoms with Gasteiger partial charge in [-0.1, -0.05) is 44.2 Å². The molecule has 20 heavy (non-hydrogen) atoms. The molecule has 3 N–H and O–H groups in total. The average molecular weight is 272 g/mol. The molecule has 1 amide bonds. The molecule has 2 unspecified atom stereocenters. The predicted molar refractivity (Wildman–Crippen MR) is 81.2 cm³/mol. The minimum atomic E-state index is 0.151. The standard InChI is InChI=1S/C17H24N2O/c18-14-8-6-12(7-9-14)10-17(20)19-16-11-15(16)13-4-2-1-3-5-13/h6-9,13,15-16H,1-5,10-11,18H2,(H,19,20). The van der Waals surface area contributed by atoms with Crippen LogP contribution in [0.15, 0.2) is 24.3 Å². The van der Waals surface area contributed by atoms with Crippen molar-refractivity contribution in [3.63, 3.8) is 0 Å². The number of nitrogens with two attached hydrogens (primary N) is 1. The van der Waals surface area contributed by atoms with Crippen molar-refractivity contribution in [2.75, 3.05) is 5.73 Å². The van der Waals surface area contributed by atoms with E-state index in [-0.39, 0.29) is 5.91 Å². The smallest absolute Gasteiger partial charge is 0.224 e. The van der Waals surface area contributed by atoms with E-state index in [9.17, 15) is 4.79 Å². The molecule has 3 rings (SSSR count). The molecule has 1 aromatic rings. The van der Waals surface area contributed by atoms with Gasteiger partial charge in [-0.25, -0.2) is 0 Å². The highest BCUT2D eigenvalue weighted by atomic mass is 16.1. The van der Waals surface area contributed by atoms with Gasteiger partial charge in [0.25, 0.3) is 0 Å². The van der Waals surface area contributed by atoms with E-state index >= 15 is 0 Å². The maximum Gasteiger partial charge on any atom is 0.224 e. The van der Waals surface area contributed by atoms with Crippen LogP contribution in [0.5, 0.6) is 0 Å². The highest BCUT2D eigenvalue weighted by molar-refractivity contribution is 5.79. The van der Waals surface area contributed by atoms with Crippen LogP contribution in [-0.2, 0) is 11.2 Å². The van der Waals surface area contributed by atoms with Gasteiger partial charge in [0.15, 0.2) is 0 Å². The molecule has 0 aliphatic heterocycles. The number of carbonyl (C=O) groups is 1. The first kappa shape index (κ1) is 13.5. The van der Waals surface area contributed by atoms with Gasteiger partial charge in [-0.05, 0) is 36.0 Å². The second-order valence-corrected chi connectivity index (χ2v) is 6.39. The molecular formula is C17H24N2O. The molecule has 0 bridgehead atoms. The Labute approximate surface area is 120 Å². The van der Waals surface area contributed by atoms with Crippen molar-refractivity contribution in [2.45, 2.75) is 51.0 Å². The third-order valence-electron chi connectivity index (χ3n) is 4.79. The van der Waals surface area contributed by atoms with E-state index in [0.717, 1.165) is 23.1 Å². The summed E-state index contributed by atoms with van der Waals surface area (Å²) in [6, 6.07) is 8.01. The summed E-state index contributed by atoms with van der Waals surface area (Å²) in [6.45, 7) is 0. The molecule has 0 radical (unpaired) electrons. The van der Waals surface area contributed by atoms with Crippen molar-refractivity contribution in [1.29, 1.82) is 0 Å². The molecular weight excluding hydrogens is 248 g/mol. The lowest BCUT2D eigenvalue weighted by atomic mass is 9.85. The van der Waals surface area contributed by atoms with Crippen LogP contribution < -0.4 is 11.1 Å². The summed E-state index contributed by atoms with van der Waals surface area (Å²) >= 11 is 0. The molecule has 0 aromatic heterocycles. The van der Waals surface area contributed by atoms with Crippen molar-refractivity contribution in [1.82, 2.24) is 5.32 Å². The third-order valence-corrected chi connectivity index (χ3v) is 4.79. The van der Waals surface area contributed by atoms with Gasteiger partial charge < -0.3 is 11.1 Å². The van der Waals surface area contributed by atoms with Crippen molar-refractivity contribution in [3.05, 3.63) is 29.8 Å². The zero-order valence-electron chi connectivity index (χ0n) is 12.0. The molecule has 3 nitrogen and oxygen atoms in total. The number of amides is 1. The first-order valence-corrected chi connectivity index (χ1v) is 7.86. The normalized spacial score (nSPS) is 26.2. The second-order valence-electron chi connectivity index (χ2n) is 6.39. The minimum Gasteiger partial charge on any atom is -0.399 e. The number of anilines is 1. The summed E-state index contributed by atoms with van der Waals surface area (Å²) in [4.78, 5) is 12.0. The van der Waals surface area contributed by atoms with E-state index < -0.39 is 0 Å². The summed E-state index contributed by atoms with van der Waals surface area (Å²) in [5.41, 5.74) is 7.43. The largest absolute Gasteiger partial charge is 0.399 e. The van der Waals surface area contributed by atoms with Crippen molar-refractivity contribution in [3.8, 4) is 0 Å². The van der Waals surface area contributed by atoms with Gasteiger partial charge in [-0.2, -0.15) is 0 Å². The topological polar surface area (TPSA) is 55.1 Å². The first-order valence-electron chi connectivity index (χ1n) is 7.86. The molecule has 2 atom stereocenters. The molecule has 0 spiro atoms. The van der Waals surface area contributed by atoms with Gasteiger partial charge in [0.1, 0.15) is 0 Å². The summed E-state index contributed by atoms with van der Waals surface area (Å²) < 4.78 is 0. The number of nitrogens with one attached hydrogen (secondary N) is 1. The molecule has 0 heterocycles. The Bertz CT molecular complexity index is 462. The minimum absolute atomic E-state index is 0.151. The van der Waals surface area contributed by atoms with Gasteiger partial charge in [-0.15, -0.1) is 0 Å². The van der Waals surface area contributed by atoms with Gasteiger partial charge in [0.2, 0.25) is 5.91 Å². The Morgan fingerprint density at radius 2 is 1.85 bits per heavy atom. The van der Waals surface area contributed by atoms with E-state index in [2.05, 4.69) is 5.32 Å². The molecule has 2 aliphatic rings. The lowest BCUT2D eigenvalue weighted by Crippen LogP contribution is -2.29. The summed E-state index contributed by atoms with van der Waals surface area (Å²) in [6.07, 6.45) is 8.56. The molecule has 108 valence electrons. The van der Waals surface area contributed by atoms with E-state index in [1.165, 1.54) is 38.5 Å². The van der Waals surface area contributed by atoms with Gasteiger partial charge in [0, 0.05) is 11.7 Å². The van der Waals surface area contributed by atoms with E-state index in [4.69, 9.17) is 5.73 Å². The number of carbonyl (C=O) groups excluding carboxylic acids is 1. The molecule has 3 heteroatoms. The second kappa shape index (κ2) is 5.86. The first-order chi connectivity index (χ1) is 9.72. The Kier molecular flexibility index (Phi) is 3.95. The van der Waals surface area contributed by atoms with Crippen LogP contribution in [0.25, 0.3) is 0 Å². The molecule has 2 saturated carbocycles. The maximum absolute atomic E-state index is 12.0. The van der Waals surface area contributed by atoms with Crippen molar-refractivity contribution >= 4 is 11.6 Å². The quantitative estimate of drug-likeness (QED) is 0.828. The Morgan fingerprint density at radius 3 is 2.55 bits per heavy atom. The molecule has 2 fully saturated rings. The fourth-order valence-electron chi connectivity index (χ4n) is 3.54. The summed E-state index contributed by atoms with van der Waals surface area (Å²) in [7, 11) is 0. The van der Waals surface area contributed by atoms with Crippen LogP contribution in [0.2, 0.25) is 0 Å². The number of rotatable bonds is 4. The predicted octanol–water partition coefficient (Wildman–Crippen LogP) is 2.90.